The average Bonchev–Trinajstić information content (AvgIpc) is 3.76. The molecule has 1 nitrogen and oxygen atoms in total. The van der Waals surface area contributed by atoms with E-state index in [0.29, 0.717) is 0 Å². The molecule has 53 heavy (non-hydrogen) atoms. The van der Waals surface area contributed by atoms with Crippen molar-refractivity contribution in [2.45, 2.75) is 0 Å². The SMILES string of the molecule is C1=Cc2ccc(-c3cccc4oc5ccccc5c34)cc2[Si](c2ccccc2)(c2ccccc2)c2cc(-c3cccc4c3sc3ccccc34)ccc21. The van der Waals surface area contributed by atoms with Crippen LogP contribution in [0, 0.1) is 0 Å². The van der Waals surface area contributed by atoms with Crippen molar-refractivity contribution in [2.24, 2.45) is 0 Å². The predicted octanol–water partition coefficient (Wildman–Crippen LogP) is 11.1. The number of furan rings is 1. The normalized spacial score (nSPS) is 13.4. The first kappa shape index (κ1) is 30.4. The molecule has 0 bridgehead atoms. The molecule has 0 aliphatic carbocycles. The Morgan fingerprint density at radius 1 is 0.415 bits per heavy atom. The van der Waals surface area contributed by atoms with Crippen LogP contribution in [-0.4, -0.2) is 8.07 Å². The summed E-state index contributed by atoms with van der Waals surface area (Å²) >= 11 is 1.90. The molecule has 0 amide bonds. The minimum absolute atomic E-state index is 0.915. The summed E-state index contributed by atoms with van der Waals surface area (Å²) in [4.78, 5) is 0. The minimum atomic E-state index is -2.94. The standard InChI is InChI=1S/C50H32OSSi/c1-3-13-37(14-4-1)53(38-15-5-2-6-16-38)47-31-35(39-19-12-23-45-49(39)43-18-7-9-22-44(43)51-45)29-27-33(47)25-26-34-28-30-36(32-48(34)53)40-20-11-21-42-41-17-8-10-24-46(41)52-50(40)42/h1-32H. The van der Waals surface area contributed by atoms with Crippen molar-refractivity contribution >= 4 is 94.4 Å². The Labute approximate surface area is 312 Å². The summed E-state index contributed by atoms with van der Waals surface area (Å²) in [7, 11) is -2.94. The molecule has 0 N–H and O–H groups in total. The van der Waals surface area contributed by atoms with Crippen molar-refractivity contribution in [2.75, 3.05) is 0 Å². The number of hydrogen-bond acceptors (Lipinski definition) is 2. The van der Waals surface area contributed by atoms with E-state index in [1.807, 2.05) is 17.4 Å². The molecule has 0 spiro atoms. The molecule has 11 rings (SSSR count). The Morgan fingerprint density at radius 2 is 0.962 bits per heavy atom. The third-order valence-electron chi connectivity index (χ3n) is 11.2. The third kappa shape index (κ3) is 4.55. The van der Waals surface area contributed by atoms with Crippen LogP contribution >= 0.6 is 11.3 Å². The summed E-state index contributed by atoms with van der Waals surface area (Å²) in [6.07, 6.45) is 4.70. The van der Waals surface area contributed by atoms with Gasteiger partial charge in [-0.25, -0.2) is 0 Å². The Bertz CT molecular complexity index is 3020. The highest BCUT2D eigenvalue weighted by molar-refractivity contribution is 7.26. The maximum absolute atomic E-state index is 6.38. The predicted molar refractivity (Wildman–Crippen MR) is 230 cm³/mol. The van der Waals surface area contributed by atoms with E-state index in [4.69, 9.17) is 4.42 Å². The second kappa shape index (κ2) is 11.9. The lowest BCUT2D eigenvalue weighted by Crippen LogP contribution is -2.75. The van der Waals surface area contributed by atoms with Gasteiger partial charge in [0.2, 0.25) is 0 Å². The van der Waals surface area contributed by atoms with Gasteiger partial charge < -0.3 is 4.42 Å². The van der Waals surface area contributed by atoms with Crippen LogP contribution in [0.15, 0.2) is 186 Å². The summed E-state index contributed by atoms with van der Waals surface area (Å²) in [5, 5.41) is 10.5. The van der Waals surface area contributed by atoms with Crippen LogP contribution in [0.3, 0.4) is 0 Å². The van der Waals surface area contributed by atoms with Crippen molar-refractivity contribution < 1.29 is 4.42 Å². The van der Waals surface area contributed by atoms with Crippen LogP contribution in [0.1, 0.15) is 11.1 Å². The first-order valence-corrected chi connectivity index (χ1v) is 21.0. The Morgan fingerprint density at radius 3 is 1.68 bits per heavy atom. The van der Waals surface area contributed by atoms with Crippen LogP contribution in [0.4, 0.5) is 0 Å². The highest BCUT2D eigenvalue weighted by Crippen LogP contribution is 2.41. The van der Waals surface area contributed by atoms with Crippen molar-refractivity contribution in [1.29, 1.82) is 0 Å². The highest BCUT2D eigenvalue weighted by atomic mass is 32.1. The molecule has 1 aliphatic heterocycles. The summed E-state index contributed by atoms with van der Waals surface area (Å²) in [5.74, 6) is 0. The van der Waals surface area contributed by atoms with Gasteiger partial charge in [-0.15, -0.1) is 11.3 Å². The van der Waals surface area contributed by atoms with Crippen molar-refractivity contribution in [1.82, 2.24) is 0 Å². The Hall–Kier alpha value is -6.26. The molecule has 0 unspecified atom stereocenters. The lowest BCUT2D eigenvalue weighted by molar-refractivity contribution is 0.669. The first-order chi connectivity index (χ1) is 26.3. The maximum atomic E-state index is 6.38. The summed E-state index contributed by atoms with van der Waals surface area (Å²) in [6.45, 7) is 0. The van der Waals surface area contributed by atoms with E-state index in [1.54, 1.807) is 0 Å². The number of rotatable bonds is 4. The lowest BCUT2D eigenvalue weighted by atomic mass is 9.98. The van der Waals surface area contributed by atoms with Gasteiger partial charge in [0, 0.05) is 30.9 Å². The topological polar surface area (TPSA) is 13.1 Å². The fourth-order valence-electron chi connectivity index (χ4n) is 8.87. The van der Waals surface area contributed by atoms with E-state index in [1.165, 1.54) is 74.3 Å². The summed E-state index contributed by atoms with van der Waals surface area (Å²) in [5.41, 5.74) is 9.31. The van der Waals surface area contributed by atoms with Crippen molar-refractivity contribution in [3.8, 4) is 22.3 Å². The molecule has 0 atom stereocenters. The molecule has 0 fully saturated rings. The second-order valence-electron chi connectivity index (χ2n) is 14.0. The minimum Gasteiger partial charge on any atom is -0.456 e. The van der Waals surface area contributed by atoms with Gasteiger partial charge in [-0.2, -0.15) is 0 Å². The fourth-order valence-corrected chi connectivity index (χ4v) is 15.3. The van der Waals surface area contributed by atoms with E-state index in [2.05, 4.69) is 188 Å². The van der Waals surface area contributed by atoms with Gasteiger partial charge in [0.25, 0.3) is 0 Å². The molecule has 1 aliphatic rings. The fraction of sp³-hybridized carbons (Fsp3) is 0. The van der Waals surface area contributed by atoms with Gasteiger partial charge in [-0.1, -0.05) is 176 Å². The molecule has 2 aromatic heterocycles. The van der Waals surface area contributed by atoms with Crippen LogP contribution < -0.4 is 20.7 Å². The number of para-hydroxylation sites is 1. The Balaban J connectivity index is 1.23. The average molecular weight is 709 g/mol. The van der Waals surface area contributed by atoms with E-state index >= 15 is 0 Å². The second-order valence-corrected chi connectivity index (χ2v) is 18.8. The molecular weight excluding hydrogens is 677 g/mol. The molecule has 3 heterocycles. The van der Waals surface area contributed by atoms with Crippen LogP contribution in [0.25, 0.3) is 76.5 Å². The van der Waals surface area contributed by atoms with Gasteiger partial charge in [0.05, 0.1) is 0 Å². The zero-order valence-electron chi connectivity index (χ0n) is 28.8. The third-order valence-corrected chi connectivity index (χ3v) is 17.3. The van der Waals surface area contributed by atoms with Gasteiger partial charge in [-0.3, -0.25) is 0 Å². The van der Waals surface area contributed by atoms with Gasteiger partial charge in [0.1, 0.15) is 11.2 Å². The van der Waals surface area contributed by atoms with Gasteiger partial charge in [0.15, 0.2) is 8.07 Å². The molecule has 0 saturated heterocycles. The number of hydrogen-bond donors (Lipinski definition) is 0. The highest BCUT2D eigenvalue weighted by Gasteiger charge is 2.45. The van der Waals surface area contributed by atoms with Crippen LogP contribution in [0.2, 0.25) is 0 Å². The maximum Gasteiger partial charge on any atom is 0.180 e. The first-order valence-electron chi connectivity index (χ1n) is 18.2. The lowest BCUT2D eigenvalue weighted by Gasteiger charge is -2.36. The quantitative estimate of drug-likeness (QED) is 0.166. The van der Waals surface area contributed by atoms with Crippen molar-refractivity contribution in [3.63, 3.8) is 0 Å². The molecular formula is C50H32OSSi. The van der Waals surface area contributed by atoms with Crippen molar-refractivity contribution in [3.05, 3.63) is 193 Å². The largest absolute Gasteiger partial charge is 0.456 e. The molecule has 3 heteroatoms. The van der Waals surface area contributed by atoms with E-state index in [0.717, 1.165) is 21.9 Å². The molecule has 0 radical (unpaired) electrons. The van der Waals surface area contributed by atoms with Crippen LogP contribution in [-0.2, 0) is 0 Å². The molecule has 10 aromatic rings. The molecule has 248 valence electrons. The van der Waals surface area contributed by atoms with E-state index in [-0.39, 0.29) is 0 Å². The smallest absolute Gasteiger partial charge is 0.180 e. The van der Waals surface area contributed by atoms with Crippen LogP contribution in [0.5, 0.6) is 0 Å². The number of fused-ring (bicyclic) bond motifs is 8. The number of benzene rings is 8. The monoisotopic (exact) mass is 708 g/mol. The van der Waals surface area contributed by atoms with Gasteiger partial charge in [-0.05, 0) is 72.3 Å². The molecule has 8 aromatic carbocycles. The van der Waals surface area contributed by atoms with E-state index < -0.39 is 8.07 Å². The van der Waals surface area contributed by atoms with Gasteiger partial charge >= 0.3 is 0 Å². The van der Waals surface area contributed by atoms with E-state index in [9.17, 15) is 0 Å². The molecule has 0 saturated carbocycles. The zero-order valence-corrected chi connectivity index (χ0v) is 30.6. The Kier molecular flexibility index (Phi) is 6.81. The number of thiophene rings is 1. The summed E-state index contributed by atoms with van der Waals surface area (Å²) in [6, 6.07) is 67.5. The zero-order chi connectivity index (χ0) is 34.9. The summed E-state index contributed by atoms with van der Waals surface area (Å²) < 4.78 is 9.04.